The van der Waals surface area contributed by atoms with Crippen LogP contribution in [0.4, 0.5) is 0 Å². The van der Waals surface area contributed by atoms with E-state index < -0.39 is 0 Å². The monoisotopic (exact) mass is 307 g/mol. The van der Waals surface area contributed by atoms with Crippen molar-refractivity contribution in [2.24, 2.45) is 0 Å². The van der Waals surface area contributed by atoms with Crippen molar-refractivity contribution in [3.05, 3.63) is 23.3 Å². The van der Waals surface area contributed by atoms with Gasteiger partial charge in [0, 0.05) is 39.3 Å². The van der Waals surface area contributed by atoms with Gasteiger partial charge in [-0.25, -0.2) is 0 Å². The average Bonchev–Trinajstić information content (AvgIpc) is 3.17. The Hall–Kier alpha value is -1.28. The number of likely N-dealkylation sites (N-methyl/N-ethyl adjacent to an activating group) is 1. The van der Waals surface area contributed by atoms with Crippen molar-refractivity contribution in [1.82, 2.24) is 25.3 Å². The molecule has 0 radical (unpaired) electrons. The number of nitrogens with zero attached hydrogens (tertiary/aromatic N) is 4. The van der Waals surface area contributed by atoms with Gasteiger partial charge in [0.25, 0.3) is 5.89 Å². The summed E-state index contributed by atoms with van der Waals surface area (Å²) in [6, 6.07) is 3.99. The van der Waals surface area contributed by atoms with Gasteiger partial charge in [0.1, 0.15) is 0 Å². The minimum absolute atomic E-state index is 0.621. The van der Waals surface area contributed by atoms with Crippen LogP contribution in [0.3, 0.4) is 0 Å². The summed E-state index contributed by atoms with van der Waals surface area (Å²) in [5, 5.41) is 9.45. The molecular weight excluding hydrogens is 286 g/mol. The van der Waals surface area contributed by atoms with Gasteiger partial charge in [-0.3, -0.25) is 9.80 Å². The number of thiophene rings is 1. The zero-order chi connectivity index (χ0) is 14.5. The smallest absolute Gasteiger partial charge is 0.268 e. The van der Waals surface area contributed by atoms with Crippen LogP contribution in [-0.4, -0.2) is 66.3 Å². The van der Waals surface area contributed by atoms with Crippen molar-refractivity contribution < 1.29 is 4.52 Å². The minimum atomic E-state index is 0.621. The Balaban J connectivity index is 1.47. The first-order chi connectivity index (χ1) is 10.3. The third-order valence-electron chi connectivity index (χ3n) is 3.62. The van der Waals surface area contributed by atoms with E-state index in [2.05, 4.69) is 32.3 Å². The molecule has 1 aliphatic rings. The van der Waals surface area contributed by atoms with E-state index in [1.54, 1.807) is 11.3 Å². The molecule has 0 unspecified atom stereocenters. The molecule has 0 spiro atoms. The Morgan fingerprint density at radius 3 is 3.05 bits per heavy atom. The molecule has 0 aromatic carbocycles. The highest BCUT2D eigenvalue weighted by atomic mass is 32.1. The van der Waals surface area contributed by atoms with Crippen molar-refractivity contribution in [3.63, 3.8) is 0 Å². The summed E-state index contributed by atoms with van der Waals surface area (Å²) >= 11 is 1.61. The number of aromatic nitrogens is 2. The molecule has 6 nitrogen and oxygen atoms in total. The Morgan fingerprint density at radius 1 is 1.43 bits per heavy atom. The summed E-state index contributed by atoms with van der Waals surface area (Å²) < 4.78 is 5.31. The highest BCUT2D eigenvalue weighted by Gasteiger charge is 2.13. The first-order valence-corrected chi connectivity index (χ1v) is 8.17. The molecule has 3 heterocycles. The highest BCUT2D eigenvalue weighted by molar-refractivity contribution is 7.13. The van der Waals surface area contributed by atoms with E-state index >= 15 is 0 Å². The van der Waals surface area contributed by atoms with Gasteiger partial charge in [0.05, 0.1) is 11.4 Å². The first-order valence-electron chi connectivity index (χ1n) is 7.29. The number of hydrogen-bond donors (Lipinski definition) is 1. The molecule has 7 heteroatoms. The Bertz CT molecular complexity index is 535. The summed E-state index contributed by atoms with van der Waals surface area (Å²) in [4.78, 5) is 10.2. The molecule has 1 aliphatic heterocycles. The normalized spacial score (nSPS) is 16.7. The Labute approximate surface area is 128 Å². The maximum Gasteiger partial charge on any atom is 0.268 e. The third kappa shape index (κ3) is 4.10. The van der Waals surface area contributed by atoms with E-state index in [1.807, 2.05) is 17.5 Å². The van der Waals surface area contributed by atoms with Crippen molar-refractivity contribution in [3.8, 4) is 10.8 Å². The Kier molecular flexibility index (Phi) is 4.97. The van der Waals surface area contributed by atoms with Gasteiger partial charge in [-0.1, -0.05) is 11.2 Å². The van der Waals surface area contributed by atoms with E-state index in [9.17, 15) is 0 Å². The molecular formula is C14H21N5OS. The third-order valence-corrected chi connectivity index (χ3v) is 4.48. The summed E-state index contributed by atoms with van der Waals surface area (Å²) in [6.45, 7) is 7.30. The minimum Gasteiger partial charge on any atom is -0.333 e. The summed E-state index contributed by atoms with van der Waals surface area (Å²) in [7, 11) is 2.10. The summed E-state index contributed by atoms with van der Waals surface area (Å²) in [5.74, 6) is 1.37. The second-order valence-electron chi connectivity index (χ2n) is 5.32. The number of rotatable bonds is 6. The first kappa shape index (κ1) is 14.6. The maximum absolute atomic E-state index is 5.31. The fourth-order valence-electron chi connectivity index (χ4n) is 2.39. The van der Waals surface area contributed by atoms with Crippen LogP contribution >= 0.6 is 11.3 Å². The van der Waals surface area contributed by atoms with Crippen molar-refractivity contribution >= 4 is 11.3 Å². The molecule has 1 fully saturated rings. The van der Waals surface area contributed by atoms with Gasteiger partial charge in [-0.2, -0.15) is 4.98 Å². The van der Waals surface area contributed by atoms with Crippen LogP contribution in [0.25, 0.3) is 10.8 Å². The molecule has 1 N–H and O–H groups in total. The molecule has 0 bridgehead atoms. The van der Waals surface area contributed by atoms with Gasteiger partial charge in [0.2, 0.25) is 0 Å². The lowest BCUT2D eigenvalue weighted by atomic mass is 10.3. The summed E-state index contributed by atoms with van der Waals surface area (Å²) in [5.41, 5.74) is 0. The SMILES string of the molecule is CN(CCN1CCNCC1)Cc1noc(-c2cccs2)n1. The molecule has 114 valence electrons. The lowest BCUT2D eigenvalue weighted by molar-refractivity contribution is 0.200. The highest BCUT2D eigenvalue weighted by Crippen LogP contribution is 2.22. The molecule has 2 aromatic rings. The predicted octanol–water partition coefficient (Wildman–Crippen LogP) is 1.14. The van der Waals surface area contributed by atoms with E-state index in [0.29, 0.717) is 5.89 Å². The van der Waals surface area contributed by atoms with E-state index in [1.165, 1.54) is 0 Å². The van der Waals surface area contributed by atoms with Gasteiger partial charge in [-0.15, -0.1) is 11.3 Å². The second-order valence-corrected chi connectivity index (χ2v) is 6.27. The quantitative estimate of drug-likeness (QED) is 0.863. The van der Waals surface area contributed by atoms with Crippen LogP contribution in [-0.2, 0) is 6.54 Å². The largest absolute Gasteiger partial charge is 0.333 e. The van der Waals surface area contributed by atoms with Gasteiger partial charge in [0.15, 0.2) is 5.82 Å². The van der Waals surface area contributed by atoms with Gasteiger partial charge >= 0.3 is 0 Å². The molecule has 0 aliphatic carbocycles. The zero-order valence-electron chi connectivity index (χ0n) is 12.3. The van der Waals surface area contributed by atoms with Crippen LogP contribution in [0.1, 0.15) is 5.82 Å². The van der Waals surface area contributed by atoms with Crippen LogP contribution in [0.2, 0.25) is 0 Å². The van der Waals surface area contributed by atoms with Crippen LogP contribution in [0.15, 0.2) is 22.0 Å². The van der Waals surface area contributed by atoms with Crippen molar-refractivity contribution in [2.45, 2.75) is 6.54 Å². The lowest BCUT2D eigenvalue weighted by Crippen LogP contribution is -2.45. The summed E-state index contributed by atoms with van der Waals surface area (Å²) in [6.07, 6.45) is 0. The molecule has 0 atom stereocenters. The second kappa shape index (κ2) is 7.13. The van der Waals surface area contributed by atoms with Crippen LogP contribution < -0.4 is 5.32 Å². The van der Waals surface area contributed by atoms with E-state index in [-0.39, 0.29) is 0 Å². The van der Waals surface area contributed by atoms with E-state index in [0.717, 1.165) is 56.5 Å². The van der Waals surface area contributed by atoms with Crippen molar-refractivity contribution in [2.75, 3.05) is 46.3 Å². The number of piperazine rings is 1. The zero-order valence-corrected chi connectivity index (χ0v) is 13.1. The standard InChI is InChI=1S/C14H21N5OS/c1-18(8-9-19-6-4-15-5-7-19)11-13-16-14(20-17-13)12-3-2-10-21-12/h2-3,10,15H,4-9,11H2,1H3. The molecule has 2 aromatic heterocycles. The van der Waals surface area contributed by atoms with Crippen LogP contribution in [0, 0.1) is 0 Å². The topological polar surface area (TPSA) is 57.4 Å². The van der Waals surface area contributed by atoms with Gasteiger partial charge < -0.3 is 9.84 Å². The fraction of sp³-hybridized carbons (Fsp3) is 0.571. The molecule has 0 amide bonds. The molecule has 21 heavy (non-hydrogen) atoms. The fourth-order valence-corrected chi connectivity index (χ4v) is 3.03. The average molecular weight is 307 g/mol. The molecule has 1 saturated heterocycles. The molecule has 0 saturated carbocycles. The van der Waals surface area contributed by atoms with Gasteiger partial charge in [-0.05, 0) is 18.5 Å². The maximum atomic E-state index is 5.31. The van der Waals surface area contributed by atoms with Crippen molar-refractivity contribution in [1.29, 1.82) is 0 Å². The number of hydrogen-bond acceptors (Lipinski definition) is 7. The Morgan fingerprint density at radius 2 is 2.29 bits per heavy atom. The molecule has 3 rings (SSSR count). The van der Waals surface area contributed by atoms with Crippen LogP contribution in [0.5, 0.6) is 0 Å². The van der Waals surface area contributed by atoms with E-state index in [4.69, 9.17) is 4.52 Å². The number of nitrogens with one attached hydrogen (secondary N) is 1. The lowest BCUT2D eigenvalue weighted by Gasteiger charge is -2.28. The predicted molar refractivity (Wildman–Crippen MR) is 83.3 cm³/mol.